The summed E-state index contributed by atoms with van der Waals surface area (Å²) in [5.74, 6) is 1.36. The molecule has 2 aliphatic heterocycles. The van der Waals surface area contributed by atoms with Crippen LogP contribution < -0.4 is 4.74 Å². The molecule has 1 fully saturated rings. The quantitative estimate of drug-likeness (QED) is 0.138. The van der Waals surface area contributed by atoms with Crippen molar-refractivity contribution in [1.29, 1.82) is 0 Å². The van der Waals surface area contributed by atoms with Gasteiger partial charge in [0.1, 0.15) is 34.9 Å². The Kier molecular flexibility index (Phi) is 7.01. The Morgan fingerprint density at radius 3 is 2.55 bits per heavy atom. The van der Waals surface area contributed by atoms with Crippen LogP contribution in [0.3, 0.4) is 0 Å². The van der Waals surface area contributed by atoms with Crippen LogP contribution in [0.15, 0.2) is 75.8 Å². The smallest absolute Gasteiger partial charge is 0.355 e. The molecule has 0 N–H and O–H groups in total. The van der Waals surface area contributed by atoms with Crippen molar-refractivity contribution in [2.45, 2.75) is 24.9 Å². The molecule has 1 amide bonds. The standard InChI is InChI=1S/C27H23N3O7S/c1-16-3-12-22(37-16)21-15-38-26-23(28-13-17-4-8-19(9-5-17)30(33)34)25(31)29(26)24(21)27(32)36-14-18-6-10-20(35-2)11-7-18/h3-13,23,26H,14-15H2,1-2H3/t23-,26-/m1/s1. The molecule has 11 heteroatoms. The van der Waals surface area contributed by atoms with Gasteiger partial charge in [0.15, 0.2) is 6.04 Å². The predicted molar refractivity (Wildman–Crippen MR) is 141 cm³/mol. The van der Waals surface area contributed by atoms with E-state index in [1.807, 2.05) is 6.92 Å². The summed E-state index contributed by atoms with van der Waals surface area (Å²) < 4.78 is 16.6. The number of carbonyl (C=O) groups is 2. The molecule has 1 aromatic heterocycles. The number of amides is 1. The highest BCUT2D eigenvalue weighted by atomic mass is 32.2. The van der Waals surface area contributed by atoms with Gasteiger partial charge in [-0.05, 0) is 54.4 Å². The normalized spacial score (nSPS) is 18.8. The Balaban J connectivity index is 1.37. The van der Waals surface area contributed by atoms with Crippen LogP contribution in [0.25, 0.3) is 5.57 Å². The highest BCUT2D eigenvalue weighted by molar-refractivity contribution is 8.00. The summed E-state index contributed by atoms with van der Waals surface area (Å²) in [6.45, 7) is 1.83. The Morgan fingerprint density at radius 2 is 1.92 bits per heavy atom. The van der Waals surface area contributed by atoms with E-state index >= 15 is 0 Å². The monoisotopic (exact) mass is 533 g/mol. The third-order valence-electron chi connectivity index (χ3n) is 6.19. The van der Waals surface area contributed by atoms with E-state index in [0.29, 0.717) is 34.2 Å². The highest BCUT2D eigenvalue weighted by Crippen LogP contribution is 2.45. The number of rotatable bonds is 8. The summed E-state index contributed by atoms with van der Waals surface area (Å²) in [4.78, 5) is 42.8. The highest BCUT2D eigenvalue weighted by Gasteiger charge is 2.54. The van der Waals surface area contributed by atoms with Gasteiger partial charge in [0, 0.05) is 29.7 Å². The molecular weight excluding hydrogens is 510 g/mol. The van der Waals surface area contributed by atoms with Crippen LogP contribution in [-0.2, 0) is 20.9 Å². The zero-order valence-corrected chi connectivity index (χ0v) is 21.3. The number of aliphatic imine (C=N–C) groups is 1. The molecule has 0 saturated carbocycles. The fraction of sp³-hybridized carbons (Fsp3) is 0.222. The zero-order chi connectivity index (χ0) is 26.8. The number of nitro groups is 1. The van der Waals surface area contributed by atoms with Gasteiger partial charge in [0.25, 0.3) is 11.6 Å². The van der Waals surface area contributed by atoms with E-state index in [1.165, 1.54) is 35.0 Å². The van der Waals surface area contributed by atoms with Crippen molar-refractivity contribution < 1.29 is 28.4 Å². The molecule has 5 rings (SSSR count). The Morgan fingerprint density at radius 1 is 1.18 bits per heavy atom. The lowest BCUT2D eigenvalue weighted by molar-refractivity contribution is -0.384. The van der Waals surface area contributed by atoms with E-state index in [2.05, 4.69) is 4.99 Å². The Hall–Kier alpha value is -4.38. The average molecular weight is 534 g/mol. The number of thioether (sulfide) groups is 1. The molecule has 1 saturated heterocycles. The zero-order valence-electron chi connectivity index (χ0n) is 20.5. The summed E-state index contributed by atoms with van der Waals surface area (Å²) in [5, 5.41) is 10.5. The number of β-lactam (4-membered cyclic amide) rings is 1. The van der Waals surface area contributed by atoms with Gasteiger partial charge in [-0.2, -0.15) is 0 Å². The molecule has 0 unspecified atom stereocenters. The van der Waals surface area contributed by atoms with Gasteiger partial charge in [0.05, 0.1) is 12.0 Å². The number of methoxy groups -OCH3 is 1. The molecule has 2 atom stereocenters. The number of esters is 1. The number of furan rings is 1. The summed E-state index contributed by atoms with van der Waals surface area (Å²) in [7, 11) is 1.57. The van der Waals surface area contributed by atoms with Crippen LogP contribution in [0.2, 0.25) is 0 Å². The lowest BCUT2D eigenvalue weighted by atomic mass is 10.0. The van der Waals surface area contributed by atoms with Crippen LogP contribution in [0.5, 0.6) is 5.75 Å². The van der Waals surface area contributed by atoms with Crippen LogP contribution in [-0.4, -0.2) is 52.2 Å². The van der Waals surface area contributed by atoms with Crippen LogP contribution in [0, 0.1) is 17.0 Å². The molecule has 194 valence electrons. The minimum atomic E-state index is -0.695. The SMILES string of the molecule is COc1ccc(COC(=O)C2=C(c3ccc(C)o3)CS[C@@H]3[C@H](N=Cc4ccc([N+](=O)[O-])cc4)C(=O)N23)cc1. The number of hydrogen-bond donors (Lipinski definition) is 0. The van der Waals surface area contributed by atoms with Gasteiger partial charge in [-0.25, -0.2) is 4.79 Å². The van der Waals surface area contributed by atoms with Crippen LogP contribution in [0.1, 0.15) is 22.6 Å². The summed E-state index contributed by atoms with van der Waals surface area (Å²) in [6.07, 6.45) is 1.51. The molecule has 0 bridgehead atoms. The van der Waals surface area contributed by atoms with Crippen LogP contribution in [0.4, 0.5) is 5.69 Å². The fourth-order valence-electron chi connectivity index (χ4n) is 4.17. The number of non-ortho nitro benzene ring substituents is 1. The number of fused-ring (bicyclic) bond motifs is 1. The lowest BCUT2D eigenvalue weighted by Gasteiger charge is -2.47. The van der Waals surface area contributed by atoms with Crippen molar-refractivity contribution in [2.24, 2.45) is 4.99 Å². The molecule has 2 aromatic carbocycles. The van der Waals surface area contributed by atoms with Gasteiger partial charge in [-0.1, -0.05) is 12.1 Å². The topological polar surface area (TPSA) is 124 Å². The number of nitrogens with zero attached hydrogens (tertiary/aromatic N) is 3. The van der Waals surface area contributed by atoms with Crippen LogP contribution >= 0.6 is 11.8 Å². The van der Waals surface area contributed by atoms with Gasteiger partial charge in [-0.15, -0.1) is 11.8 Å². The number of ether oxygens (including phenoxy) is 2. The summed E-state index contributed by atoms with van der Waals surface area (Å²) in [5.41, 5.74) is 2.12. The Bertz CT molecular complexity index is 1440. The van der Waals surface area contributed by atoms with E-state index in [9.17, 15) is 19.7 Å². The molecule has 3 heterocycles. The van der Waals surface area contributed by atoms with Crippen molar-refractivity contribution in [3.63, 3.8) is 0 Å². The third kappa shape index (κ3) is 4.92. The molecular formula is C27H23N3O7S. The largest absolute Gasteiger partial charge is 0.497 e. The van der Waals surface area contributed by atoms with Gasteiger partial charge in [0.2, 0.25) is 0 Å². The molecule has 3 aromatic rings. The molecule has 2 aliphatic rings. The first-order chi connectivity index (χ1) is 18.4. The number of nitro benzene ring substituents is 1. The van der Waals surface area contributed by atoms with Crippen molar-refractivity contribution in [3.8, 4) is 5.75 Å². The van der Waals surface area contributed by atoms with Crippen molar-refractivity contribution in [1.82, 2.24) is 4.90 Å². The minimum Gasteiger partial charge on any atom is -0.497 e. The number of carbonyl (C=O) groups excluding carboxylic acids is 2. The maximum absolute atomic E-state index is 13.4. The molecule has 10 nitrogen and oxygen atoms in total. The maximum atomic E-state index is 13.4. The predicted octanol–water partition coefficient (Wildman–Crippen LogP) is 4.36. The van der Waals surface area contributed by atoms with E-state index in [-0.39, 0.29) is 29.3 Å². The molecule has 0 aliphatic carbocycles. The van der Waals surface area contributed by atoms with Crippen molar-refractivity contribution >= 4 is 41.1 Å². The Labute approximate surface area is 222 Å². The van der Waals surface area contributed by atoms with Crippen molar-refractivity contribution in [3.05, 3.63) is 99.1 Å². The summed E-state index contributed by atoms with van der Waals surface area (Å²) >= 11 is 1.48. The average Bonchev–Trinajstić information content (AvgIpc) is 3.37. The number of hydrogen-bond acceptors (Lipinski definition) is 9. The second-order valence-electron chi connectivity index (χ2n) is 8.64. The molecule has 38 heavy (non-hydrogen) atoms. The lowest BCUT2D eigenvalue weighted by Crippen LogP contribution is -2.64. The number of benzene rings is 2. The minimum absolute atomic E-state index is 0.0261. The first-order valence-electron chi connectivity index (χ1n) is 11.7. The maximum Gasteiger partial charge on any atom is 0.355 e. The van der Waals surface area contributed by atoms with Gasteiger partial charge < -0.3 is 13.9 Å². The third-order valence-corrected chi connectivity index (χ3v) is 7.45. The first-order valence-corrected chi connectivity index (χ1v) is 12.7. The van der Waals surface area contributed by atoms with E-state index < -0.39 is 16.9 Å². The molecule has 0 spiro atoms. The van der Waals surface area contributed by atoms with E-state index in [1.54, 1.807) is 55.6 Å². The summed E-state index contributed by atoms with van der Waals surface area (Å²) in [6, 6.07) is 15.9. The first kappa shape index (κ1) is 25.3. The van der Waals surface area contributed by atoms with E-state index in [4.69, 9.17) is 13.9 Å². The second-order valence-corrected chi connectivity index (χ2v) is 9.75. The fourth-order valence-corrected chi connectivity index (χ4v) is 5.51. The number of aryl methyl sites for hydroxylation is 1. The van der Waals surface area contributed by atoms with Crippen molar-refractivity contribution in [2.75, 3.05) is 12.9 Å². The van der Waals surface area contributed by atoms with E-state index in [0.717, 1.165) is 5.56 Å². The van der Waals surface area contributed by atoms with Gasteiger partial charge in [-0.3, -0.25) is 24.8 Å². The van der Waals surface area contributed by atoms with Gasteiger partial charge >= 0.3 is 5.97 Å². The molecule has 0 radical (unpaired) electrons. The second kappa shape index (κ2) is 10.5.